The number of amidine groups is 1. The molecule has 0 fully saturated rings. The molecule has 1 unspecified atom stereocenters. The molecule has 0 radical (unpaired) electrons. The summed E-state index contributed by atoms with van der Waals surface area (Å²) >= 11 is 0. The average Bonchev–Trinajstić information content (AvgIpc) is 3.23. The summed E-state index contributed by atoms with van der Waals surface area (Å²) in [6, 6.07) is 42.2. The molecule has 168 valence electrons. The average molecular weight is 452 g/mol. The Labute approximate surface area is 205 Å². The Bertz CT molecular complexity index is 1470. The molecule has 0 bridgehead atoms. The summed E-state index contributed by atoms with van der Waals surface area (Å²) in [4.78, 5) is 9.61. The van der Waals surface area contributed by atoms with Crippen molar-refractivity contribution < 1.29 is 0 Å². The normalized spacial score (nSPS) is 16.5. The fraction of sp³-hybridized carbons (Fsp3) is 0.0625. The lowest BCUT2D eigenvalue weighted by atomic mass is 9.69. The Morgan fingerprint density at radius 3 is 2.14 bits per heavy atom. The van der Waals surface area contributed by atoms with E-state index in [9.17, 15) is 0 Å². The van der Waals surface area contributed by atoms with Crippen LogP contribution >= 0.6 is 0 Å². The zero-order valence-corrected chi connectivity index (χ0v) is 19.3. The summed E-state index contributed by atoms with van der Waals surface area (Å²) in [6.07, 6.45) is 1.88. The quantitative estimate of drug-likeness (QED) is 0.245. The number of rotatable bonds is 5. The Kier molecular flexibility index (Phi) is 5.23. The topological polar surface area (TPSA) is 51.3 Å². The van der Waals surface area contributed by atoms with Crippen molar-refractivity contribution in [3.8, 4) is 11.1 Å². The molecule has 35 heavy (non-hydrogen) atoms. The summed E-state index contributed by atoms with van der Waals surface area (Å²) in [5, 5.41) is 0. The third kappa shape index (κ3) is 3.44. The molecule has 0 spiro atoms. The van der Waals surface area contributed by atoms with Crippen molar-refractivity contribution >= 4 is 5.84 Å². The van der Waals surface area contributed by atoms with Crippen LogP contribution in [0.15, 0.2) is 133 Å². The van der Waals surface area contributed by atoms with Crippen LogP contribution in [0.1, 0.15) is 33.5 Å². The third-order valence-electron chi connectivity index (χ3n) is 6.87. The molecule has 1 heterocycles. The molecule has 6 rings (SSSR count). The van der Waals surface area contributed by atoms with E-state index in [2.05, 4.69) is 84.9 Å². The van der Waals surface area contributed by atoms with Gasteiger partial charge in [0.1, 0.15) is 5.84 Å². The van der Waals surface area contributed by atoms with E-state index in [0.29, 0.717) is 12.4 Å². The van der Waals surface area contributed by atoms with Crippen molar-refractivity contribution in [3.05, 3.63) is 161 Å². The predicted molar refractivity (Wildman–Crippen MR) is 142 cm³/mol. The molecule has 0 saturated heterocycles. The highest BCUT2D eigenvalue weighted by Gasteiger charge is 2.47. The first-order valence-corrected chi connectivity index (χ1v) is 11.8. The maximum Gasteiger partial charge on any atom is 0.125 e. The van der Waals surface area contributed by atoms with Crippen LogP contribution in [0.4, 0.5) is 0 Å². The number of pyridine rings is 1. The fourth-order valence-corrected chi connectivity index (χ4v) is 5.31. The van der Waals surface area contributed by atoms with Crippen molar-refractivity contribution in [3.63, 3.8) is 0 Å². The second-order valence-electron chi connectivity index (χ2n) is 8.82. The highest BCUT2D eigenvalue weighted by molar-refractivity contribution is 5.97. The van der Waals surface area contributed by atoms with Gasteiger partial charge in [-0.25, -0.2) is 0 Å². The molecule has 1 atom stereocenters. The second kappa shape index (κ2) is 8.69. The lowest BCUT2D eigenvalue weighted by Crippen LogP contribution is -2.29. The number of hydrogen-bond acceptors (Lipinski definition) is 2. The number of benzene rings is 4. The van der Waals surface area contributed by atoms with Crippen LogP contribution < -0.4 is 5.73 Å². The lowest BCUT2D eigenvalue weighted by Gasteiger charge is -2.32. The molecule has 1 aliphatic rings. The van der Waals surface area contributed by atoms with Gasteiger partial charge in [0.05, 0.1) is 17.7 Å². The van der Waals surface area contributed by atoms with E-state index in [1.807, 2.05) is 42.6 Å². The minimum absolute atomic E-state index is 0.501. The minimum Gasteiger partial charge on any atom is -0.383 e. The molecule has 5 aromatic rings. The maximum absolute atomic E-state index is 6.30. The van der Waals surface area contributed by atoms with E-state index in [1.165, 1.54) is 27.8 Å². The highest BCUT2D eigenvalue weighted by atomic mass is 14.8. The van der Waals surface area contributed by atoms with Crippen LogP contribution in [-0.2, 0) is 12.0 Å². The second-order valence-corrected chi connectivity index (χ2v) is 8.82. The predicted octanol–water partition coefficient (Wildman–Crippen LogP) is 6.35. The van der Waals surface area contributed by atoms with E-state index in [-0.39, 0.29) is 0 Å². The molecule has 4 aromatic carbocycles. The Morgan fingerprint density at radius 2 is 1.37 bits per heavy atom. The zero-order valence-electron chi connectivity index (χ0n) is 19.3. The number of aromatic nitrogens is 1. The Hall–Kier alpha value is -4.50. The SMILES string of the molecule is NC(=NCc1ccc2c(c1)C(c1ccccc1)(c1ccccn1)c1ccccc1-2)c1ccccc1. The molecule has 1 aromatic heterocycles. The van der Waals surface area contributed by atoms with Crippen LogP contribution in [-0.4, -0.2) is 10.8 Å². The summed E-state index contributed by atoms with van der Waals surface area (Å²) in [5.41, 5.74) is 15.0. The van der Waals surface area contributed by atoms with Crippen molar-refractivity contribution in [1.82, 2.24) is 4.98 Å². The van der Waals surface area contributed by atoms with E-state index < -0.39 is 5.41 Å². The first kappa shape index (κ1) is 21.1. The van der Waals surface area contributed by atoms with Crippen molar-refractivity contribution in [1.29, 1.82) is 0 Å². The van der Waals surface area contributed by atoms with E-state index >= 15 is 0 Å². The number of fused-ring (bicyclic) bond motifs is 3. The summed E-state index contributed by atoms with van der Waals surface area (Å²) in [6.45, 7) is 0.511. The van der Waals surface area contributed by atoms with Crippen LogP contribution in [0, 0.1) is 0 Å². The van der Waals surface area contributed by atoms with Gasteiger partial charge < -0.3 is 5.73 Å². The summed E-state index contributed by atoms with van der Waals surface area (Å²) in [5.74, 6) is 0.549. The van der Waals surface area contributed by atoms with Crippen molar-refractivity contribution in [2.75, 3.05) is 0 Å². The van der Waals surface area contributed by atoms with Gasteiger partial charge in [0.15, 0.2) is 0 Å². The minimum atomic E-state index is -0.501. The molecule has 0 amide bonds. The van der Waals surface area contributed by atoms with Gasteiger partial charge in [-0.15, -0.1) is 0 Å². The molecule has 2 N–H and O–H groups in total. The van der Waals surface area contributed by atoms with Gasteiger partial charge in [0, 0.05) is 11.8 Å². The molecule has 1 aliphatic carbocycles. The van der Waals surface area contributed by atoms with Gasteiger partial charge in [-0.3, -0.25) is 9.98 Å². The fourth-order valence-electron chi connectivity index (χ4n) is 5.31. The lowest BCUT2D eigenvalue weighted by molar-refractivity contribution is 0.733. The van der Waals surface area contributed by atoms with Gasteiger partial charge in [0.2, 0.25) is 0 Å². The maximum atomic E-state index is 6.30. The van der Waals surface area contributed by atoms with Crippen LogP contribution in [0.25, 0.3) is 11.1 Å². The van der Waals surface area contributed by atoms with Gasteiger partial charge in [0.25, 0.3) is 0 Å². The van der Waals surface area contributed by atoms with Gasteiger partial charge in [-0.05, 0) is 45.5 Å². The number of hydrogen-bond donors (Lipinski definition) is 1. The molecule has 3 nitrogen and oxygen atoms in total. The Balaban J connectivity index is 1.55. The first-order chi connectivity index (χ1) is 17.3. The van der Waals surface area contributed by atoms with Gasteiger partial charge >= 0.3 is 0 Å². The monoisotopic (exact) mass is 451 g/mol. The standard InChI is InChI=1S/C32H25N3/c33-31(24-11-3-1-4-12-24)35-22-23-18-19-27-26-15-7-8-16-28(26)32(29(27)21-23,25-13-5-2-6-14-25)30-17-9-10-20-34-30/h1-21H,22H2,(H2,33,35). The van der Waals surface area contributed by atoms with Crippen molar-refractivity contribution in [2.45, 2.75) is 12.0 Å². The molecule has 0 aliphatic heterocycles. The van der Waals surface area contributed by atoms with Gasteiger partial charge in [-0.2, -0.15) is 0 Å². The van der Waals surface area contributed by atoms with Crippen LogP contribution in [0.3, 0.4) is 0 Å². The van der Waals surface area contributed by atoms with Crippen molar-refractivity contribution in [2.24, 2.45) is 10.7 Å². The zero-order chi connectivity index (χ0) is 23.7. The third-order valence-corrected chi connectivity index (χ3v) is 6.87. The largest absolute Gasteiger partial charge is 0.383 e. The summed E-state index contributed by atoms with van der Waals surface area (Å²) in [7, 11) is 0. The van der Waals surface area contributed by atoms with Gasteiger partial charge in [-0.1, -0.05) is 109 Å². The molecule has 0 saturated carbocycles. The number of nitrogens with zero attached hydrogens (tertiary/aromatic N) is 2. The smallest absolute Gasteiger partial charge is 0.125 e. The first-order valence-electron chi connectivity index (χ1n) is 11.8. The molecular formula is C32H25N3. The van der Waals surface area contributed by atoms with Crippen LogP contribution in [0.2, 0.25) is 0 Å². The number of nitrogens with two attached hydrogens (primary N) is 1. The van der Waals surface area contributed by atoms with E-state index in [4.69, 9.17) is 15.7 Å². The van der Waals surface area contributed by atoms with E-state index in [1.54, 1.807) is 0 Å². The summed E-state index contributed by atoms with van der Waals surface area (Å²) < 4.78 is 0. The highest BCUT2D eigenvalue weighted by Crippen LogP contribution is 2.55. The van der Waals surface area contributed by atoms with E-state index in [0.717, 1.165) is 16.8 Å². The Morgan fingerprint density at radius 1 is 0.686 bits per heavy atom. The number of aliphatic imine (C=N–C) groups is 1. The van der Waals surface area contributed by atoms with Crippen LogP contribution in [0.5, 0.6) is 0 Å². The molecular weight excluding hydrogens is 426 g/mol. The molecule has 3 heteroatoms.